The SMILES string of the molecule is N=C1CCN(S(=O)(=O)c2ccc(NC(=O)c3ccc([N+](=O)[O-])o3)cc2)CC1. The van der Waals surface area contributed by atoms with Crippen LogP contribution in [-0.4, -0.2) is 42.4 Å². The molecular weight excluding hydrogens is 376 g/mol. The predicted octanol–water partition coefficient (Wildman–Crippen LogP) is 2.24. The largest absolute Gasteiger partial charge is 0.433 e. The maximum absolute atomic E-state index is 12.6. The lowest BCUT2D eigenvalue weighted by Gasteiger charge is -2.26. The van der Waals surface area contributed by atoms with Crippen LogP contribution in [0.25, 0.3) is 0 Å². The fraction of sp³-hybridized carbons (Fsp3) is 0.250. The van der Waals surface area contributed by atoms with Gasteiger partial charge in [0.2, 0.25) is 10.0 Å². The standard InChI is InChI=1S/C16H16N4O6S/c17-11-7-9-19(10-8-11)27(24,25)13-3-1-12(2-4-13)18-16(21)14-5-6-15(26-14)20(22)23/h1-6,17H,7-10H2,(H,18,21). The molecule has 2 heterocycles. The highest BCUT2D eigenvalue weighted by Crippen LogP contribution is 2.22. The molecule has 27 heavy (non-hydrogen) atoms. The molecule has 1 aromatic carbocycles. The molecule has 1 amide bonds. The van der Waals surface area contributed by atoms with E-state index in [9.17, 15) is 23.3 Å². The van der Waals surface area contributed by atoms with Crippen molar-refractivity contribution in [2.45, 2.75) is 17.7 Å². The molecule has 0 bridgehead atoms. The smallest absolute Gasteiger partial charge is 0.395 e. The number of hydrogen-bond acceptors (Lipinski definition) is 7. The van der Waals surface area contributed by atoms with Gasteiger partial charge in [-0.1, -0.05) is 0 Å². The van der Waals surface area contributed by atoms with Gasteiger partial charge in [0.05, 0.1) is 11.0 Å². The Kier molecular flexibility index (Phi) is 5.06. The van der Waals surface area contributed by atoms with Crippen molar-refractivity contribution in [1.29, 1.82) is 5.41 Å². The highest BCUT2D eigenvalue weighted by atomic mass is 32.2. The Morgan fingerprint density at radius 2 is 1.78 bits per heavy atom. The van der Waals surface area contributed by atoms with E-state index in [-0.39, 0.29) is 23.7 Å². The van der Waals surface area contributed by atoms with Crippen LogP contribution >= 0.6 is 0 Å². The van der Waals surface area contributed by atoms with Gasteiger partial charge in [-0.2, -0.15) is 4.31 Å². The highest BCUT2D eigenvalue weighted by molar-refractivity contribution is 7.89. The summed E-state index contributed by atoms with van der Waals surface area (Å²) in [5, 5.41) is 20.6. The zero-order valence-corrected chi connectivity index (χ0v) is 14.9. The van der Waals surface area contributed by atoms with Crippen molar-refractivity contribution in [1.82, 2.24) is 4.31 Å². The van der Waals surface area contributed by atoms with Crippen LogP contribution in [0, 0.1) is 15.5 Å². The quantitative estimate of drug-likeness (QED) is 0.589. The average Bonchev–Trinajstić information content (AvgIpc) is 3.13. The molecule has 0 spiro atoms. The van der Waals surface area contributed by atoms with Crippen molar-refractivity contribution < 1.29 is 22.6 Å². The number of furan rings is 1. The maximum atomic E-state index is 12.6. The molecule has 0 atom stereocenters. The Labute approximate surface area is 154 Å². The molecule has 0 unspecified atom stereocenters. The van der Waals surface area contributed by atoms with Crippen LogP contribution in [0.15, 0.2) is 45.7 Å². The molecular formula is C16H16N4O6S. The molecule has 1 aliphatic rings. The summed E-state index contributed by atoms with van der Waals surface area (Å²) >= 11 is 0. The summed E-state index contributed by atoms with van der Waals surface area (Å²) in [7, 11) is -3.66. The summed E-state index contributed by atoms with van der Waals surface area (Å²) in [5.74, 6) is -1.46. The summed E-state index contributed by atoms with van der Waals surface area (Å²) in [5.41, 5.74) is 0.857. The van der Waals surface area contributed by atoms with Gasteiger partial charge in [0, 0.05) is 24.5 Å². The molecule has 0 saturated carbocycles. The van der Waals surface area contributed by atoms with Gasteiger partial charge in [-0.05, 0) is 43.2 Å². The Morgan fingerprint density at radius 1 is 1.15 bits per heavy atom. The number of piperidine rings is 1. The summed E-state index contributed by atoms with van der Waals surface area (Å²) in [4.78, 5) is 22.0. The van der Waals surface area contributed by atoms with Crippen LogP contribution in [0.3, 0.4) is 0 Å². The molecule has 142 valence electrons. The summed E-state index contributed by atoms with van der Waals surface area (Å²) in [6.07, 6.45) is 0.839. The zero-order chi connectivity index (χ0) is 19.6. The van der Waals surface area contributed by atoms with Gasteiger partial charge in [0.15, 0.2) is 5.76 Å². The molecule has 0 radical (unpaired) electrons. The highest BCUT2D eigenvalue weighted by Gasteiger charge is 2.27. The van der Waals surface area contributed by atoms with E-state index >= 15 is 0 Å². The number of anilines is 1. The van der Waals surface area contributed by atoms with Crippen molar-refractivity contribution in [2.75, 3.05) is 18.4 Å². The molecule has 2 N–H and O–H groups in total. The van der Waals surface area contributed by atoms with E-state index in [4.69, 9.17) is 9.83 Å². The van der Waals surface area contributed by atoms with E-state index in [0.29, 0.717) is 24.2 Å². The first-order valence-corrected chi connectivity index (χ1v) is 9.43. The zero-order valence-electron chi connectivity index (χ0n) is 14.0. The average molecular weight is 392 g/mol. The molecule has 1 saturated heterocycles. The first kappa shape index (κ1) is 18.7. The summed E-state index contributed by atoms with van der Waals surface area (Å²) in [6, 6.07) is 7.84. The number of rotatable bonds is 5. The van der Waals surface area contributed by atoms with E-state index in [1.165, 1.54) is 34.6 Å². The van der Waals surface area contributed by atoms with Gasteiger partial charge in [-0.25, -0.2) is 8.42 Å². The molecule has 2 aromatic rings. The van der Waals surface area contributed by atoms with Gasteiger partial charge >= 0.3 is 5.88 Å². The minimum Gasteiger partial charge on any atom is -0.395 e. The van der Waals surface area contributed by atoms with Crippen LogP contribution in [-0.2, 0) is 10.0 Å². The molecule has 11 heteroatoms. The number of amides is 1. The third kappa shape index (κ3) is 4.04. The Hall–Kier alpha value is -3.05. The molecule has 0 aliphatic carbocycles. The molecule has 1 aromatic heterocycles. The van der Waals surface area contributed by atoms with Gasteiger partial charge < -0.3 is 15.1 Å². The lowest BCUT2D eigenvalue weighted by molar-refractivity contribution is -0.402. The second kappa shape index (κ2) is 7.29. The topological polar surface area (TPSA) is 147 Å². The van der Waals surface area contributed by atoms with Crippen LogP contribution in [0.4, 0.5) is 11.6 Å². The van der Waals surface area contributed by atoms with Crippen molar-refractivity contribution in [2.24, 2.45) is 0 Å². The number of nitrogens with zero attached hydrogens (tertiary/aromatic N) is 2. The lowest BCUT2D eigenvalue weighted by atomic mass is 10.1. The first-order chi connectivity index (χ1) is 12.8. The van der Waals surface area contributed by atoms with E-state index in [0.717, 1.165) is 6.07 Å². The number of carbonyl (C=O) groups is 1. The second-order valence-corrected chi connectivity index (χ2v) is 7.82. The van der Waals surface area contributed by atoms with Gasteiger partial charge in [0.1, 0.15) is 4.92 Å². The molecule has 1 fully saturated rings. The number of nitrogens with one attached hydrogen (secondary N) is 2. The molecule has 10 nitrogen and oxygen atoms in total. The third-order valence-corrected chi connectivity index (χ3v) is 5.98. The fourth-order valence-corrected chi connectivity index (χ4v) is 4.04. The van der Waals surface area contributed by atoms with Gasteiger partial charge in [-0.3, -0.25) is 14.9 Å². The van der Waals surface area contributed by atoms with E-state index in [2.05, 4.69) is 5.32 Å². The van der Waals surface area contributed by atoms with E-state index < -0.39 is 26.7 Å². The molecule has 3 rings (SSSR count). The number of carbonyl (C=O) groups excluding carboxylic acids is 1. The van der Waals surface area contributed by atoms with Crippen LogP contribution in [0.1, 0.15) is 23.4 Å². The summed E-state index contributed by atoms with van der Waals surface area (Å²) in [6.45, 7) is 0.549. The monoisotopic (exact) mass is 392 g/mol. The van der Waals surface area contributed by atoms with Crippen LogP contribution in [0.5, 0.6) is 0 Å². The van der Waals surface area contributed by atoms with Gasteiger partial charge in [-0.15, -0.1) is 0 Å². The number of sulfonamides is 1. The Morgan fingerprint density at radius 3 is 2.33 bits per heavy atom. The number of hydrogen-bond donors (Lipinski definition) is 2. The number of nitro groups is 1. The molecule has 1 aliphatic heterocycles. The predicted molar refractivity (Wildman–Crippen MR) is 95.5 cm³/mol. The number of benzene rings is 1. The lowest BCUT2D eigenvalue weighted by Crippen LogP contribution is -2.38. The Balaban J connectivity index is 1.70. The van der Waals surface area contributed by atoms with Crippen LogP contribution in [0.2, 0.25) is 0 Å². The van der Waals surface area contributed by atoms with Crippen molar-refractivity contribution in [3.8, 4) is 0 Å². The van der Waals surface area contributed by atoms with Crippen molar-refractivity contribution in [3.63, 3.8) is 0 Å². The minimum atomic E-state index is -3.66. The van der Waals surface area contributed by atoms with E-state index in [1.807, 2.05) is 0 Å². The fourth-order valence-electron chi connectivity index (χ4n) is 2.60. The second-order valence-electron chi connectivity index (χ2n) is 5.88. The van der Waals surface area contributed by atoms with Crippen molar-refractivity contribution in [3.05, 3.63) is 52.3 Å². The van der Waals surface area contributed by atoms with Gasteiger partial charge in [0.25, 0.3) is 5.91 Å². The van der Waals surface area contributed by atoms with Crippen molar-refractivity contribution >= 4 is 33.2 Å². The van der Waals surface area contributed by atoms with E-state index in [1.54, 1.807) is 0 Å². The minimum absolute atomic E-state index is 0.0857. The normalized spacial score (nSPS) is 15.5. The maximum Gasteiger partial charge on any atom is 0.433 e. The van der Waals surface area contributed by atoms with Crippen LogP contribution < -0.4 is 5.32 Å². The Bertz CT molecular complexity index is 986. The first-order valence-electron chi connectivity index (χ1n) is 7.99. The summed E-state index contributed by atoms with van der Waals surface area (Å²) < 4.78 is 31.4. The third-order valence-electron chi connectivity index (χ3n) is 4.07.